The molecule has 114 valence electrons. The molecule has 0 spiro atoms. The second kappa shape index (κ2) is 6.37. The molecule has 1 heterocycles. The lowest BCUT2D eigenvalue weighted by molar-refractivity contribution is 0.0995. The van der Waals surface area contributed by atoms with Gasteiger partial charge in [-0.3, -0.25) is 9.59 Å². The van der Waals surface area contributed by atoms with Crippen molar-refractivity contribution >= 4 is 29.0 Å². The van der Waals surface area contributed by atoms with Crippen LogP contribution < -0.4 is 11.1 Å². The predicted molar refractivity (Wildman–Crippen MR) is 88.3 cm³/mol. The van der Waals surface area contributed by atoms with Crippen LogP contribution in [0.25, 0.3) is 11.3 Å². The average molecular weight is 324 g/mol. The second-order valence-corrected chi connectivity index (χ2v) is 5.37. The van der Waals surface area contributed by atoms with Gasteiger partial charge in [0.2, 0.25) is 5.91 Å². The van der Waals surface area contributed by atoms with Crippen LogP contribution in [-0.4, -0.2) is 21.4 Å². The van der Waals surface area contributed by atoms with Crippen molar-refractivity contribution in [3.63, 3.8) is 0 Å². The van der Waals surface area contributed by atoms with E-state index in [0.717, 1.165) is 11.3 Å². The van der Waals surface area contributed by atoms with Gasteiger partial charge in [-0.2, -0.15) is 0 Å². The van der Waals surface area contributed by atoms with Gasteiger partial charge in [-0.05, 0) is 47.9 Å². The molecule has 0 saturated carbocycles. The number of amides is 2. The number of anilines is 1. The maximum atomic E-state index is 12.2. The van der Waals surface area contributed by atoms with Crippen LogP contribution in [0.2, 0.25) is 0 Å². The molecule has 0 aliphatic rings. The highest BCUT2D eigenvalue weighted by atomic mass is 32.1. The van der Waals surface area contributed by atoms with Gasteiger partial charge >= 0.3 is 0 Å². The zero-order chi connectivity index (χ0) is 16.2. The standard InChI is InChI=1S/C16H12N4O2S/c17-15(21)11-1-3-12(4-2-11)16(22)18-13-7-5-10(6-8-13)14-9-23-20-19-14/h1-9H,(H2,17,21)(H,18,22). The molecular formula is C16H12N4O2S. The molecule has 3 rings (SSSR count). The first-order valence-electron chi connectivity index (χ1n) is 6.72. The monoisotopic (exact) mass is 324 g/mol. The minimum Gasteiger partial charge on any atom is -0.366 e. The van der Waals surface area contributed by atoms with Crippen LogP contribution in [0.5, 0.6) is 0 Å². The number of primary amides is 1. The minimum atomic E-state index is -0.524. The highest BCUT2D eigenvalue weighted by Crippen LogP contribution is 2.20. The maximum Gasteiger partial charge on any atom is 0.255 e. The largest absolute Gasteiger partial charge is 0.366 e. The van der Waals surface area contributed by atoms with Gasteiger partial charge in [-0.1, -0.05) is 16.6 Å². The summed E-state index contributed by atoms with van der Waals surface area (Å²) in [6.45, 7) is 0. The van der Waals surface area contributed by atoms with E-state index in [4.69, 9.17) is 5.73 Å². The van der Waals surface area contributed by atoms with Gasteiger partial charge in [-0.25, -0.2) is 0 Å². The van der Waals surface area contributed by atoms with Crippen LogP contribution in [0.15, 0.2) is 53.9 Å². The van der Waals surface area contributed by atoms with Crippen molar-refractivity contribution in [2.24, 2.45) is 5.73 Å². The molecule has 0 atom stereocenters. The highest BCUT2D eigenvalue weighted by molar-refractivity contribution is 7.03. The van der Waals surface area contributed by atoms with Crippen molar-refractivity contribution in [2.75, 3.05) is 5.32 Å². The predicted octanol–water partition coefficient (Wildman–Crippen LogP) is 2.56. The Morgan fingerprint density at radius 3 is 2.17 bits per heavy atom. The number of hydrogen-bond acceptors (Lipinski definition) is 5. The Morgan fingerprint density at radius 1 is 0.957 bits per heavy atom. The van der Waals surface area contributed by atoms with E-state index >= 15 is 0 Å². The van der Waals surface area contributed by atoms with E-state index < -0.39 is 5.91 Å². The molecule has 0 bridgehead atoms. The summed E-state index contributed by atoms with van der Waals surface area (Å²) in [6, 6.07) is 13.5. The number of nitrogens with two attached hydrogens (primary N) is 1. The van der Waals surface area contributed by atoms with Crippen molar-refractivity contribution < 1.29 is 9.59 Å². The first-order valence-corrected chi connectivity index (χ1v) is 7.56. The van der Waals surface area contributed by atoms with E-state index in [1.807, 2.05) is 17.5 Å². The average Bonchev–Trinajstić information content (AvgIpc) is 3.10. The van der Waals surface area contributed by atoms with Gasteiger partial charge in [0.1, 0.15) is 5.69 Å². The molecule has 2 aromatic carbocycles. The van der Waals surface area contributed by atoms with Crippen LogP contribution in [0, 0.1) is 0 Å². The molecule has 23 heavy (non-hydrogen) atoms. The lowest BCUT2D eigenvalue weighted by Gasteiger charge is -2.06. The topological polar surface area (TPSA) is 98.0 Å². The molecule has 6 nitrogen and oxygen atoms in total. The summed E-state index contributed by atoms with van der Waals surface area (Å²) < 4.78 is 3.82. The van der Waals surface area contributed by atoms with E-state index in [2.05, 4.69) is 14.9 Å². The number of hydrogen-bond donors (Lipinski definition) is 2. The maximum absolute atomic E-state index is 12.2. The first-order chi connectivity index (χ1) is 11.1. The molecule has 0 unspecified atom stereocenters. The summed E-state index contributed by atoms with van der Waals surface area (Å²) in [5, 5.41) is 8.64. The molecule has 0 saturated heterocycles. The van der Waals surface area contributed by atoms with Crippen molar-refractivity contribution in [3.05, 3.63) is 65.0 Å². The smallest absolute Gasteiger partial charge is 0.255 e. The zero-order valence-electron chi connectivity index (χ0n) is 11.9. The number of aromatic nitrogens is 2. The molecule has 3 aromatic rings. The molecule has 2 amide bonds. The second-order valence-electron chi connectivity index (χ2n) is 4.76. The van der Waals surface area contributed by atoms with Gasteiger partial charge in [-0.15, -0.1) is 5.10 Å². The molecular weight excluding hydrogens is 312 g/mol. The normalized spacial score (nSPS) is 10.3. The van der Waals surface area contributed by atoms with Gasteiger partial charge in [0.15, 0.2) is 0 Å². The molecule has 7 heteroatoms. The van der Waals surface area contributed by atoms with Crippen molar-refractivity contribution in [1.82, 2.24) is 9.59 Å². The summed E-state index contributed by atoms with van der Waals surface area (Å²) in [7, 11) is 0. The Kier molecular flexibility index (Phi) is 4.11. The Morgan fingerprint density at radius 2 is 1.61 bits per heavy atom. The van der Waals surface area contributed by atoms with Crippen LogP contribution in [0.1, 0.15) is 20.7 Å². The van der Waals surface area contributed by atoms with E-state index in [1.165, 1.54) is 23.7 Å². The molecule has 0 radical (unpaired) electrons. The Hall–Kier alpha value is -3.06. The molecule has 0 fully saturated rings. The highest BCUT2D eigenvalue weighted by Gasteiger charge is 2.08. The summed E-state index contributed by atoms with van der Waals surface area (Å²) in [5.41, 5.74) is 8.38. The lowest BCUT2D eigenvalue weighted by atomic mass is 10.1. The van der Waals surface area contributed by atoms with Gasteiger partial charge < -0.3 is 11.1 Å². The fourth-order valence-corrected chi connectivity index (χ4v) is 2.47. The fraction of sp³-hybridized carbons (Fsp3) is 0. The first kappa shape index (κ1) is 14.9. The Balaban J connectivity index is 1.71. The van der Waals surface area contributed by atoms with Crippen molar-refractivity contribution in [3.8, 4) is 11.3 Å². The van der Waals surface area contributed by atoms with E-state index in [0.29, 0.717) is 16.8 Å². The minimum absolute atomic E-state index is 0.260. The van der Waals surface area contributed by atoms with Gasteiger partial charge in [0.25, 0.3) is 5.91 Å². The Labute approximate surface area is 136 Å². The number of benzene rings is 2. The van der Waals surface area contributed by atoms with E-state index in [9.17, 15) is 9.59 Å². The van der Waals surface area contributed by atoms with Gasteiger partial charge in [0, 0.05) is 27.8 Å². The van der Waals surface area contributed by atoms with Crippen molar-refractivity contribution in [2.45, 2.75) is 0 Å². The lowest BCUT2D eigenvalue weighted by Crippen LogP contribution is -2.14. The molecule has 3 N–H and O–H groups in total. The van der Waals surface area contributed by atoms with Crippen LogP contribution in [0.4, 0.5) is 5.69 Å². The summed E-state index contributed by atoms with van der Waals surface area (Å²) in [5.74, 6) is -0.784. The van der Waals surface area contributed by atoms with Crippen molar-refractivity contribution in [1.29, 1.82) is 0 Å². The van der Waals surface area contributed by atoms with E-state index in [-0.39, 0.29) is 5.91 Å². The summed E-state index contributed by atoms with van der Waals surface area (Å²) in [6.07, 6.45) is 0. The summed E-state index contributed by atoms with van der Waals surface area (Å²) in [4.78, 5) is 23.2. The number of carbonyl (C=O) groups is 2. The molecule has 1 aromatic heterocycles. The number of nitrogens with zero attached hydrogens (tertiary/aromatic N) is 2. The van der Waals surface area contributed by atoms with Crippen LogP contribution in [-0.2, 0) is 0 Å². The van der Waals surface area contributed by atoms with Gasteiger partial charge in [0.05, 0.1) is 0 Å². The third-order valence-electron chi connectivity index (χ3n) is 3.23. The summed E-state index contributed by atoms with van der Waals surface area (Å²) >= 11 is 1.29. The third kappa shape index (κ3) is 3.41. The molecule has 0 aliphatic carbocycles. The Bertz CT molecular complexity index is 828. The van der Waals surface area contributed by atoms with Crippen LogP contribution in [0.3, 0.4) is 0 Å². The fourth-order valence-electron chi connectivity index (χ4n) is 2.00. The van der Waals surface area contributed by atoms with Crippen LogP contribution >= 0.6 is 11.5 Å². The van der Waals surface area contributed by atoms with E-state index in [1.54, 1.807) is 24.3 Å². The quantitative estimate of drug-likeness (QED) is 0.770. The number of carbonyl (C=O) groups excluding carboxylic acids is 2. The third-order valence-corrected chi connectivity index (χ3v) is 3.73. The number of nitrogens with one attached hydrogen (secondary N) is 1. The number of rotatable bonds is 4. The molecule has 0 aliphatic heterocycles. The SMILES string of the molecule is NC(=O)c1ccc(C(=O)Nc2ccc(-c3csnn3)cc2)cc1. The zero-order valence-corrected chi connectivity index (χ0v) is 12.7.